The number of nitrogens with one attached hydrogen (secondary N) is 1. The number of nitrogens with zero attached hydrogens (tertiary/aromatic N) is 1. The Labute approximate surface area is 108 Å². The summed E-state index contributed by atoms with van der Waals surface area (Å²) in [4.78, 5) is 4.42. The molecule has 1 aliphatic carbocycles. The molecular weight excluding hydrogens is 224 g/mol. The average Bonchev–Trinajstić information content (AvgIpc) is 2.95. The Hall–Kier alpha value is -1.51. The fourth-order valence-electron chi connectivity index (χ4n) is 2.66. The van der Waals surface area contributed by atoms with Crippen molar-refractivity contribution in [3.63, 3.8) is 0 Å². The Morgan fingerprint density at radius 1 is 1.06 bits per heavy atom. The number of rotatable bonds is 3. The average molecular weight is 244 g/mol. The van der Waals surface area contributed by atoms with Crippen molar-refractivity contribution in [3.8, 4) is 5.75 Å². The van der Waals surface area contributed by atoms with Gasteiger partial charge in [-0.15, -0.1) is 0 Å². The number of aliphatic imine (C=N–C) groups is 1. The fraction of sp³-hybridized carbons (Fsp3) is 0.533. The van der Waals surface area contributed by atoms with Gasteiger partial charge >= 0.3 is 0 Å². The number of amidine groups is 1. The maximum Gasteiger partial charge on any atom is 0.128 e. The molecule has 0 aromatic heterocycles. The summed E-state index contributed by atoms with van der Waals surface area (Å²) in [5, 5.41) is 3.28. The lowest BCUT2D eigenvalue weighted by Gasteiger charge is -2.23. The highest BCUT2D eigenvalue weighted by Crippen LogP contribution is 2.23. The first-order valence-electron chi connectivity index (χ1n) is 6.97. The van der Waals surface area contributed by atoms with Gasteiger partial charge in [0.15, 0.2) is 0 Å². The Morgan fingerprint density at radius 2 is 1.83 bits per heavy atom. The maximum absolute atomic E-state index is 6.01. The van der Waals surface area contributed by atoms with Crippen molar-refractivity contribution in [2.75, 3.05) is 13.1 Å². The second-order valence-corrected chi connectivity index (χ2v) is 5.06. The zero-order valence-electron chi connectivity index (χ0n) is 10.7. The molecule has 0 saturated heterocycles. The maximum atomic E-state index is 6.01. The molecule has 0 atom stereocenters. The lowest BCUT2D eigenvalue weighted by Crippen LogP contribution is -2.20. The van der Waals surface area contributed by atoms with Gasteiger partial charge in [-0.25, -0.2) is 0 Å². The molecule has 0 bridgehead atoms. The van der Waals surface area contributed by atoms with Crippen LogP contribution in [0.5, 0.6) is 5.75 Å². The molecule has 2 aliphatic rings. The third-order valence-electron chi connectivity index (χ3n) is 3.66. The van der Waals surface area contributed by atoms with Crippen LogP contribution in [0, 0.1) is 0 Å². The minimum absolute atomic E-state index is 0.423. The van der Waals surface area contributed by atoms with Crippen molar-refractivity contribution in [3.05, 3.63) is 29.8 Å². The van der Waals surface area contributed by atoms with Crippen LogP contribution in [0.1, 0.15) is 37.7 Å². The molecule has 3 heteroatoms. The van der Waals surface area contributed by atoms with Crippen molar-refractivity contribution >= 4 is 5.84 Å². The van der Waals surface area contributed by atoms with E-state index >= 15 is 0 Å². The lowest BCUT2D eigenvalue weighted by atomic mass is 9.98. The van der Waals surface area contributed by atoms with E-state index in [0.717, 1.165) is 30.2 Å². The Kier molecular flexibility index (Phi) is 3.49. The van der Waals surface area contributed by atoms with Crippen molar-refractivity contribution in [1.29, 1.82) is 0 Å². The number of ether oxygens (including phenoxy) is 1. The van der Waals surface area contributed by atoms with E-state index in [9.17, 15) is 0 Å². The molecule has 1 aromatic carbocycles. The van der Waals surface area contributed by atoms with Crippen molar-refractivity contribution in [1.82, 2.24) is 5.32 Å². The Morgan fingerprint density at radius 3 is 2.50 bits per heavy atom. The smallest absolute Gasteiger partial charge is 0.128 e. The molecule has 1 fully saturated rings. The van der Waals surface area contributed by atoms with E-state index in [1.165, 1.54) is 32.1 Å². The van der Waals surface area contributed by atoms with Crippen LogP contribution in [0.4, 0.5) is 0 Å². The molecule has 3 rings (SSSR count). The molecule has 0 radical (unpaired) electrons. The Balaban J connectivity index is 1.63. The predicted molar refractivity (Wildman–Crippen MR) is 73.3 cm³/mol. The van der Waals surface area contributed by atoms with Gasteiger partial charge in [0.25, 0.3) is 0 Å². The summed E-state index contributed by atoms with van der Waals surface area (Å²) in [6, 6.07) is 8.31. The van der Waals surface area contributed by atoms with Gasteiger partial charge in [0.1, 0.15) is 11.6 Å². The molecule has 1 aromatic rings. The predicted octanol–water partition coefficient (Wildman–Crippen LogP) is 2.75. The van der Waals surface area contributed by atoms with Gasteiger partial charge in [-0.1, -0.05) is 6.42 Å². The summed E-state index contributed by atoms with van der Waals surface area (Å²) < 4.78 is 6.01. The van der Waals surface area contributed by atoms with Crippen LogP contribution in [0.2, 0.25) is 0 Å². The molecule has 3 nitrogen and oxygen atoms in total. The van der Waals surface area contributed by atoms with Crippen LogP contribution in [0.3, 0.4) is 0 Å². The minimum atomic E-state index is 0.423. The normalized spacial score (nSPS) is 20.3. The molecule has 0 amide bonds. The second kappa shape index (κ2) is 5.42. The monoisotopic (exact) mass is 244 g/mol. The van der Waals surface area contributed by atoms with Crippen LogP contribution >= 0.6 is 0 Å². The van der Waals surface area contributed by atoms with Crippen LogP contribution in [0.25, 0.3) is 0 Å². The first-order valence-corrected chi connectivity index (χ1v) is 6.97. The molecule has 0 spiro atoms. The van der Waals surface area contributed by atoms with Crippen LogP contribution < -0.4 is 10.1 Å². The molecule has 1 heterocycles. The van der Waals surface area contributed by atoms with Crippen LogP contribution in [0.15, 0.2) is 29.3 Å². The number of hydrogen-bond donors (Lipinski definition) is 1. The summed E-state index contributed by atoms with van der Waals surface area (Å²) in [5.74, 6) is 2.00. The summed E-state index contributed by atoms with van der Waals surface area (Å²) in [5.41, 5.74) is 1.16. The summed E-state index contributed by atoms with van der Waals surface area (Å²) in [6.07, 6.45) is 6.81. The van der Waals surface area contributed by atoms with Crippen LogP contribution in [-0.2, 0) is 0 Å². The minimum Gasteiger partial charge on any atom is -0.490 e. The van der Waals surface area contributed by atoms with Gasteiger partial charge in [-0.3, -0.25) is 4.99 Å². The Bertz CT molecular complexity index is 419. The molecule has 18 heavy (non-hydrogen) atoms. The van der Waals surface area contributed by atoms with Gasteiger partial charge in [0, 0.05) is 12.1 Å². The van der Waals surface area contributed by atoms with E-state index < -0.39 is 0 Å². The summed E-state index contributed by atoms with van der Waals surface area (Å²) >= 11 is 0. The standard InChI is InChI=1S/C15H20N2O/c1-2-4-13(5-3-1)18-14-8-6-12(7-9-14)15-16-10-11-17-15/h6-9,13H,1-5,10-11H2,(H,16,17). The lowest BCUT2D eigenvalue weighted by molar-refractivity contribution is 0.155. The van der Waals surface area contributed by atoms with Gasteiger partial charge in [-0.2, -0.15) is 0 Å². The van der Waals surface area contributed by atoms with E-state index in [0.29, 0.717) is 6.10 Å². The van der Waals surface area contributed by atoms with Crippen molar-refractivity contribution in [2.45, 2.75) is 38.2 Å². The number of hydrogen-bond acceptors (Lipinski definition) is 3. The molecule has 1 saturated carbocycles. The van der Waals surface area contributed by atoms with Gasteiger partial charge in [0.05, 0.1) is 12.6 Å². The second-order valence-electron chi connectivity index (χ2n) is 5.06. The fourth-order valence-corrected chi connectivity index (χ4v) is 2.66. The topological polar surface area (TPSA) is 33.6 Å². The van der Waals surface area contributed by atoms with Crippen molar-refractivity contribution in [2.24, 2.45) is 4.99 Å². The van der Waals surface area contributed by atoms with Crippen molar-refractivity contribution < 1.29 is 4.74 Å². The highest BCUT2D eigenvalue weighted by Gasteiger charge is 2.15. The summed E-state index contributed by atoms with van der Waals surface area (Å²) in [7, 11) is 0. The van der Waals surface area contributed by atoms with E-state index in [-0.39, 0.29) is 0 Å². The molecule has 1 aliphatic heterocycles. The third-order valence-corrected chi connectivity index (χ3v) is 3.66. The van der Waals surface area contributed by atoms with E-state index in [1.807, 2.05) is 0 Å². The first kappa shape index (κ1) is 11.6. The van der Waals surface area contributed by atoms with Gasteiger partial charge in [0.2, 0.25) is 0 Å². The van der Waals surface area contributed by atoms with E-state index in [4.69, 9.17) is 4.74 Å². The number of benzene rings is 1. The first-order chi connectivity index (χ1) is 8.92. The quantitative estimate of drug-likeness (QED) is 0.887. The summed E-state index contributed by atoms with van der Waals surface area (Å²) in [6.45, 7) is 1.84. The van der Waals surface area contributed by atoms with Gasteiger partial charge in [-0.05, 0) is 49.9 Å². The zero-order valence-corrected chi connectivity index (χ0v) is 10.7. The van der Waals surface area contributed by atoms with E-state index in [2.05, 4.69) is 34.6 Å². The molecule has 0 unspecified atom stereocenters. The largest absolute Gasteiger partial charge is 0.490 e. The highest BCUT2D eigenvalue weighted by molar-refractivity contribution is 5.99. The molecular formula is C15H20N2O. The molecule has 1 N–H and O–H groups in total. The molecule has 96 valence electrons. The highest BCUT2D eigenvalue weighted by atomic mass is 16.5. The van der Waals surface area contributed by atoms with Gasteiger partial charge < -0.3 is 10.1 Å². The van der Waals surface area contributed by atoms with Crippen LogP contribution in [-0.4, -0.2) is 25.0 Å². The SMILES string of the molecule is c1cc(C2=NCCN2)ccc1OC1CCCCC1. The third kappa shape index (κ3) is 2.66. The zero-order chi connectivity index (χ0) is 12.2. The van der Waals surface area contributed by atoms with E-state index in [1.54, 1.807) is 0 Å².